The molecule has 134 valence electrons. The van der Waals surface area contributed by atoms with Gasteiger partial charge in [-0.25, -0.2) is 15.0 Å². The Hall–Kier alpha value is -2.83. The third-order valence-electron chi connectivity index (χ3n) is 3.93. The van der Waals surface area contributed by atoms with Gasteiger partial charge in [-0.1, -0.05) is 23.9 Å². The van der Waals surface area contributed by atoms with Crippen LogP contribution in [0.15, 0.2) is 34.8 Å². The Kier molecular flexibility index (Phi) is 4.59. The number of fused-ring (bicyclic) bond motifs is 3. The summed E-state index contributed by atoms with van der Waals surface area (Å²) >= 11 is 2.59. The molecule has 3 heterocycles. The molecule has 3 aromatic heterocycles. The van der Waals surface area contributed by atoms with E-state index in [0.29, 0.717) is 21.6 Å². The second-order valence-corrected chi connectivity index (χ2v) is 7.78. The van der Waals surface area contributed by atoms with Crippen molar-refractivity contribution in [2.24, 2.45) is 0 Å². The minimum Gasteiger partial charge on any atom is -0.297 e. The molecule has 1 aromatic carbocycles. The van der Waals surface area contributed by atoms with E-state index in [-0.39, 0.29) is 11.5 Å². The van der Waals surface area contributed by atoms with E-state index in [9.17, 15) is 10.1 Å². The quantitative estimate of drug-likeness (QED) is 0.378. The number of thioether (sulfide) groups is 1. The smallest absolute Gasteiger partial charge is 0.191 e. The number of nitriles is 1. The fourth-order valence-corrected chi connectivity index (χ4v) is 4.43. The Morgan fingerprint density at radius 3 is 2.85 bits per heavy atom. The van der Waals surface area contributed by atoms with Gasteiger partial charge >= 0.3 is 0 Å². The zero-order valence-corrected chi connectivity index (χ0v) is 16.2. The molecular weight excluding hydrogens is 380 g/mol. The van der Waals surface area contributed by atoms with Crippen LogP contribution >= 0.6 is 23.1 Å². The number of hydrogen-bond acceptors (Lipinski definition) is 8. The van der Waals surface area contributed by atoms with Gasteiger partial charge in [-0.3, -0.25) is 4.79 Å². The first-order valence-electron chi connectivity index (χ1n) is 8.16. The zero-order valence-electron chi connectivity index (χ0n) is 14.6. The van der Waals surface area contributed by atoms with Crippen molar-refractivity contribution in [1.29, 1.82) is 5.26 Å². The fourth-order valence-electron chi connectivity index (χ4n) is 2.72. The SMILES string of the molecule is Cc1csc([C@H](C#N)C(=O)CSc2nc3ccccc3c3nc(C)nn23)n1. The predicted molar refractivity (Wildman–Crippen MR) is 104 cm³/mol. The molecule has 0 aliphatic rings. The van der Waals surface area contributed by atoms with E-state index >= 15 is 0 Å². The highest BCUT2D eigenvalue weighted by Crippen LogP contribution is 2.27. The molecule has 9 heteroatoms. The lowest BCUT2D eigenvalue weighted by atomic mass is 10.1. The lowest BCUT2D eigenvalue weighted by molar-refractivity contribution is -0.116. The predicted octanol–water partition coefficient (Wildman–Crippen LogP) is 3.32. The maximum atomic E-state index is 12.6. The van der Waals surface area contributed by atoms with E-state index < -0.39 is 5.92 Å². The number of thiazole rings is 1. The van der Waals surface area contributed by atoms with Crippen LogP contribution < -0.4 is 0 Å². The summed E-state index contributed by atoms with van der Waals surface area (Å²) in [6, 6.07) is 9.76. The Labute approximate surface area is 163 Å². The zero-order chi connectivity index (χ0) is 19.0. The molecule has 0 amide bonds. The van der Waals surface area contributed by atoms with Crippen LogP contribution in [0.3, 0.4) is 0 Å². The van der Waals surface area contributed by atoms with Crippen LogP contribution in [0.5, 0.6) is 0 Å². The molecule has 7 nitrogen and oxygen atoms in total. The number of hydrogen-bond donors (Lipinski definition) is 0. The third-order valence-corrected chi connectivity index (χ3v) is 5.91. The lowest BCUT2D eigenvalue weighted by Gasteiger charge is -2.07. The average molecular weight is 394 g/mol. The first-order valence-corrected chi connectivity index (χ1v) is 10.0. The molecule has 0 N–H and O–H groups in total. The third kappa shape index (κ3) is 3.29. The van der Waals surface area contributed by atoms with Gasteiger partial charge in [0.25, 0.3) is 0 Å². The molecule has 0 bridgehead atoms. The molecule has 0 unspecified atom stereocenters. The van der Waals surface area contributed by atoms with E-state index in [2.05, 4.69) is 26.1 Å². The van der Waals surface area contributed by atoms with Crippen LogP contribution in [0, 0.1) is 25.2 Å². The Morgan fingerprint density at radius 2 is 2.11 bits per heavy atom. The van der Waals surface area contributed by atoms with Crippen molar-refractivity contribution in [2.45, 2.75) is 24.9 Å². The number of nitrogens with zero attached hydrogens (tertiary/aromatic N) is 6. The first-order chi connectivity index (χ1) is 13.1. The van der Waals surface area contributed by atoms with Gasteiger partial charge in [-0.15, -0.1) is 16.4 Å². The number of rotatable bonds is 5. The number of para-hydroxylation sites is 1. The second kappa shape index (κ2) is 7.06. The molecule has 1 atom stereocenters. The molecular formula is C18H14N6OS2. The van der Waals surface area contributed by atoms with Crippen LogP contribution in [-0.4, -0.2) is 36.1 Å². The lowest BCUT2D eigenvalue weighted by Crippen LogP contribution is -2.14. The summed E-state index contributed by atoms with van der Waals surface area (Å²) < 4.78 is 1.66. The van der Waals surface area contributed by atoms with Crippen LogP contribution in [0.1, 0.15) is 22.4 Å². The van der Waals surface area contributed by atoms with Crippen molar-refractivity contribution in [3.63, 3.8) is 0 Å². The van der Waals surface area contributed by atoms with Crippen LogP contribution in [-0.2, 0) is 4.79 Å². The Balaban J connectivity index is 1.65. The van der Waals surface area contributed by atoms with Crippen LogP contribution in [0.2, 0.25) is 0 Å². The summed E-state index contributed by atoms with van der Waals surface area (Å²) in [6.07, 6.45) is 0. The largest absolute Gasteiger partial charge is 0.297 e. The maximum absolute atomic E-state index is 12.6. The van der Waals surface area contributed by atoms with E-state index in [1.165, 1.54) is 23.1 Å². The van der Waals surface area contributed by atoms with E-state index in [4.69, 9.17) is 0 Å². The highest BCUT2D eigenvalue weighted by atomic mass is 32.2. The van der Waals surface area contributed by atoms with Gasteiger partial charge in [0.05, 0.1) is 17.3 Å². The van der Waals surface area contributed by atoms with Gasteiger partial charge in [-0.05, 0) is 26.0 Å². The summed E-state index contributed by atoms with van der Waals surface area (Å²) in [5.41, 5.74) is 2.31. The second-order valence-electron chi connectivity index (χ2n) is 5.95. The molecule has 0 saturated carbocycles. The van der Waals surface area contributed by atoms with Crippen molar-refractivity contribution >= 4 is 45.4 Å². The van der Waals surface area contributed by atoms with E-state index in [1.807, 2.05) is 43.5 Å². The molecule has 0 fully saturated rings. The molecule has 4 rings (SSSR count). The summed E-state index contributed by atoms with van der Waals surface area (Å²) in [4.78, 5) is 26.0. The number of carbonyl (C=O) groups is 1. The molecule has 27 heavy (non-hydrogen) atoms. The van der Waals surface area contributed by atoms with Gasteiger partial charge in [0.2, 0.25) is 0 Å². The highest BCUT2D eigenvalue weighted by molar-refractivity contribution is 7.99. The first kappa shape index (κ1) is 17.6. The van der Waals surface area contributed by atoms with E-state index in [0.717, 1.165) is 16.6 Å². The average Bonchev–Trinajstić information content (AvgIpc) is 3.26. The number of carbonyl (C=O) groups excluding carboxylic acids is 1. The Morgan fingerprint density at radius 1 is 1.30 bits per heavy atom. The number of ketones is 1. The summed E-state index contributed by atoms with van der Waals surface area (Å²) in [5.74, 6) is -0.313. The number of benzene rings is 1. The molecule has 4 aromatic rings. The minimum atomic E-state index is -0.857. The molecule has 0 saturated heterocycles. The summed E-state index contributed by atoms with van der Waals surface area (Å²) in [6.45, 7) is 3.66. The standard InChI is InChI=1S/C18H14N6OS2/c1-10-8-26-17(20-10)13(7-19)15(25)9-27-18-22-14-6-4-3-5-12(14)16-21-11(2)23-24(16)18/h3-6,8,13H,9H2,1-2H3/t13-/m1/s1. The molecule has 0 radical (unpaired) electrons. The normalized spacial score (nSPS) is 12.3. The van der Waals surface area contributed by atoms with Crippen LogP contribution in [0.4, 0.5) is 0 Å². The molecule has 0 aliphatic heterocycles. The van der Waals surface area contributed by atoms with Crippen molar-refractivity contribution in [3.05, 3.63) is 46.2 Å². The minimum absolute atomic E-state index is 0.107. The van der Waals surface area contributed by atoms with Crippen molar-refractivity contribution < 1.29 is 4.79 Å². The van der Waals surface area contributed by atoms with Gasteiger partial charge in [0, 0.05) is 16.5 Å². The van der Waals surface area contributed by atoms with Crippen molar-refractivity contribution in [3.8, 4) is 6.07 Å². The monoisotopic (exact) mass is 394 g/mol. The summed E-state index contributed by atoms with van der Waals surface area (Å²) in [5, 5.41) is 17.7. The highest BCUT2D eigenvalue weighted by Gasteiger charge is 2.24. The van der Waals surface area contributed by atoms with Crippen molar-refractivity contribution in [1.82, 2.24) is 24.6 Å². The van der Waals surface area contributed by atoms with Gasteiger partial charge < -0.3 is 0 Å². The van der Waals surface area contributed by atoms with Gasteiger partial charge in [0.1, 0.15) is 10.8 Å². The number of aromatic nitrogens is 5. The summed E-state index contributed by atoms with van der Waals surface area (Å²) in [7, 11) is 0. The van der Waals surface area contributed by atoms with Gasteiger partial charge in [-0.2, -0.15) is 9.78 Å². The Bertz CT molecular complexity index is 1210. The van der Waals surface area contributed by atoms with Crippen LogP contribution in [0.25, 0.3) is 16.6 Å². The molecule has 0 spiro atoms. The number of aryl methyl sites for hydroxylation is 2. The topological polar surface area (TPSA) is 96.8 Å². The fraction of sp³-hybridized carbons (Fsp3) is 0.222. The number of Topliss-reactive ketones (excluding diaryl/α,β-unsaturated/α-hetero) is 1. The van der Waals surface area contributed by atoms with E-state index in [1.54, 1.807) is 4.52 Å². The maximum Gasteiger partial charge on any atom is 0.191 e. The molecule has 0 aliphatic carbocycles. The van der Waals surface area contributed by atoms with Crippen molar-refractivity contribution in [2.75, 3.05) is 5.75 Å². The van der Waals surface area contributed by atoms with Gasteiger partial charge in [0.15, 0.2) is 22.5 Å².